The van der Waals surface area contributed by atoms with Crippen molar-refractivity contribution in [2.45, 2.75) is 31.8 Å². The van der Waals surface area contributed by atoms with Crippen LogP contribution in [0.25, 0.3) is 0 Å². The van der Waals surface area contributed by atoms with Crippen LogP contribution in [0, 0.1) is 6.92 Å². The molecule has 1 aliphatic rings. The molecule has 138 valence electrons. The monoisotopic (exact) mass is 396 g/mol. The van der Waals surface area contributed by atoms with Gasteiger partial charge in [0, 0.05) is 18.2 Å². The summed E-state index contributed by atoms with van der Waals surface area (Å²) < 4.78 is 37.1. The third kappa shape index (κ3) is 5.47. The van der Waals surface area contributed by atoms with Crippen LogP contribution in [0.4, 0.5) is 0 Å². The molecule has 2 radical (unpaired) electrons. The fourth-order valence-electron chi connectivity index (χ4n) is 2.19. The number of rotatable bonds is 6. The molecule has 2 rings (SSSR count). The Labute approximate surface area is 141 Å². The smallest absolute Gasteiger partial charge is 0.390 e. The second-order valence-corrected chi connectivity index (χ2v) is 8.29. The van der Waals surface area contributed by atoms with Crippen molar-refractivity contribution in [2.75, 3.05) is 6.61 Å². The molecule has 25 heavy (non-hydrogen) atoms. The lowest BCUT2D eigenvalue weighted by molar-refractivity contribution is -0.0417. The zero-order valence-corrected chi connectivity index (χ0v) is 14.6. The molecule has 1 unspecified atom stereocenters. The molecule has 15 heteroatoms. The molecule has 1 aromatic rings. The van der Waals surface area contributed by atoms with Crippen LogP contribution in [0.3, 0.4) is 0 Å². The predicted molar refractivity (Wildman–Crippen MR) is 83.0 cm³/mol. The Morgan fingerprint density at radius 2 is 2.08 bits per heavy atom. The second kappa shape index (κ2) is 7.30. The van der Waals surface area contributed by atoms with Gasteiger partial charge in [0.2, 0.25) is 7.57 Å². The van der Waals surface area contributed by atoms with Crippen LogP contribution in [0.2, 0.25) is 0 Å². The molecule has 1 aromatic heterocycles. The van der Waals surface area contributed by atoms with Crippen molar-refractivity contribution < 1.29 is 37.6 Å². The fraction of sp³-hybridized carbons (Fsp3) is 0.600. The normalized spacial score (nSPS) is 26.5. The first-order valence-corrected chi connectivity index (χ1v) is 9.98. The van der Waals surface area contributed by atoms with Gasteiger partial charge in [0.25, 0.3) is 13.0 Å². The molecule has 1 fully saturated rings. The Balaban J connectivity index is 2.06. The summed E-state index contributed by atoms with van der Waals surface area (Å²) in [6.45, 7) is 0.868. The number of aliphatic hydroxyl groups is 1. The van der Waals surface area contributed by atoms with Crippen molar-refractivity contribution in [3.63, 3.8) is 0 Å². The molecule has 0 bridgehead atoms. The molecular formula is C10H15BN2O10P2. The van der Waals surface area contributed by atoms with E-state index in [1.165, 1.54) is 13.1 Å². The van der Waals surface area contributed by atoms with E-state index in [2.05, 4.69) is 13.8 Å². The van der Waals surface area contributed by atoms with Crippen LogP contribution < -0.4 is 11.2 Å². The lowest BCUT2D eigenvalue weighted by Gasteiger charge is -2.20. The van der Waals surface area contributed by atoms with E-state index >= 15 is 0 Å². The first-order valence-electron chi connectivity index (χ1n) is 6.83. The minimum atomic E-state index is -5.14. The number of hydrogen-bond acceptors (Lipinski definition) is 8. The molecule has 1 aliphatic heterocycles. The number of ether oxygens (including phenoxy) is 1. The van der Waals surface area contributed by atoms with Gasteiger partial charge < -0.3 is 24.2 Å². The molecule has 0 amide bonds. The highest BCUT2D eigenvalue weighted by Gasteiger charge is 2.38. The number of H-pyrrole nitrogens is 1. The van der Waals surface area contributed by atoms with Gasteiger partial charge in [-0.3, -0.25) is 18.9 Å². The first kappa shape index (κ1) is 20.3. The summed E-state index contributed by atoms with van der Waals surface area (Å²) in [5.74, 6) is 0. The Kier molecular flexibility index (Phi) is 5.92. The lowest BCUT2D eigenvalue weighted by atomic mass is 10.2. The summed E-state index contributed by atoms with van der Waals surface area (Å²) in [6.07, 6.45) is -1.98. The Bertz CT molecular complexity index is 847. The van der Waals surface area contributed by atoms with E-state index in [0.29, 0.717) is 0 Å². The number of nitrogens with one attached hydrogen (secondary N) is 1. The lowest BCUT2D eigenvalue weighted by Crippen LogP contribution is -2.33. The maximum absolute atomic E-state index is 11.8. The average molecular weight is 396 g/mol. The SMILES string of the molecule is [B]P(=O)(OC[C@H]1O[C@@H](n2cc(C)c(=O)[nH]c2=O)C[C@@H]1O)OP(=O)(O)O. The standard InChI is InChI=1S/C10H15BN2O10P2/c1-5-3-13(10(16)12-9(5)15)8-2-6(14)7(22-8)4-21-24(11,17)23-25(18,19)20/h3,6-8,14H,2,4H2,1H3,(H,12,15,16)(H2,18,19,20)/t6-,7+,8+,24?/m0/s1. The number of nitrogens with zero attached hydrogens (tertiary/aromatic N) is 1. The van der Waals surface area contributed by atoms with Crippen molar-refractivity contribution >= 4 is 22.9 Å². The quantitative estimate of drug-likeness (QED) is 0.341. The summed E-state index contributed by atoms with van der Waals surface area (Å²) in [6, 6.07) is 0. The van der Waals surface area contributed by atoms with Gasteiger partial charge in [-0.25, -0.2) is 13.7 Å². The maximum Gasteiger partial charge on any atom is 0.476 e. The number of aliphatic hydroxyl groups excluding tert-OH is 1. The zero-order chi connectivity index (χ0) is 19.0. The molecule has 1 saturated heterocycles. The Morgan fingerprint density at radius 1 is 1.44 bits per heavy atom. The summed E-state index contributed by atoms with van der Waals surface area (Å²) in [4.78, 5) is 42.4. The average Bonchev–Trinajstić information content (AvgIpc) is 2.79. The molecule has 2 heterocycles. The van der Waals surface area contributed by atoms with Crippen LogP contribution in [0.15, 0.2) is 15.8 Å². The predicted octanol–water partition coefficient (Wildman–Crippen LogP) is -1.10. The largest absolute Gasteiger partial charge is 0.476 e. The van der Waals surface area contributed by atoms with Gasteiger partial charge in [0.15, 0.2) is 0 Å². The minimum absolute atomic E-state index is 0.0480. The van der Waals surface area contributed by atoms with Crippen LogP contribution >= 0.6 is 15.3 Å². The molecular weight excluding hydrogens is 381 g/mol. The van der Waals surface area contributed by atoms with Crippen molar-refractivity contribution in [1.82, 2.24) is 9.55 Å². The number of aromatic nitrogens is 2. The molecule has 0 saturated carbocycles. The highest BCUT2D eigenvalue weighted by atomic mass is 31.3. The Hall–Kier alpha value is -1.04. The number of aromatic amines is 1. The van der Waals surface area contributed by atoms with Crippen LogP contribution in [-0.4, -0.2) is 50.8 Å². The minimum Gasteiger partial charge on any atom is -0.390 e. The fourth-order valence-corrected chi connectivity index (χ4v) is 3.91. The molecule has 4 atom stereocenters. The topological polar surface area (TPSA) is 177 Å². The highest BCUT2D eigenvalue weighted by molar-refractivity contribution is 7.83. The van der Waals surface area contributed by atoms with Gasteiger partial charge in [-0.2, -0.15) is 0 Å². The van der Waals surface area contributed by atoms with Gasteiger partial charge >= 0.3 is 13.5 Å². The number of hydrogen-bond donors (Lipinski definition) is 4. The summed E-state index contributed by atoms with van der Waals surface area (Å²) >= 11 is 0. The van der Waals surface area contributed by atoms with E-state index in [-0.39, 0.29) is 12.0 Å². The van der Waals surface area contributed by atoms with E-state index in [1.54, 1.807) is 0 Å². The van der Waals surface area contributed by atoms with Crippen molar-refractivity contribution in [3.8, 4) is 0 Å². The van der Waals surface area contributed by atoms with Crippen LogP contribution in [-0.2, 0) is 22.7 Å². The molecule has 0 aromatic carbocycles. The molecule has 0 spiro atoms. The maximum atomic E-state index is 11.8. The highest BCUT2D eigenvalue weighted by Crippen LogP contribution is 2.57. The zero-order valence-electron chi connectivity index (χ0n) is 12.8. The second-order valence-electron chi connectivity index (χ2n) is 5.32. The van der Waals surface area contributed by atoms with E-state index < -0.39 is 51.6 Å². The first-order chi connectivity index (χ1) is 11.4. The molecule has 12 nitrogen and oxygen atoms in total. The van der Waals surface area contributed by atoms with Crippen LogP contribution in [0.5, 0.6) is 0 Å². The summed E-state index contributed by atoms with van der Waals surface area (Å²) in [5.41, 5.74) is -1.05. The summed E-state index contributed by atoms with van der Waals surface area (Å²) in [7, 11) is -4.70. The molecule has 4 N–H and O–H groups in total. The van der Waals surface area contributed by atoms with E-state index in [0.717, 1.165) is 4.57 Å². The van der Waals surface area contributed by atoms with Gasteiger partial charge in [-0.15, -0.1) is 0 Å². The third-order valence-corrected chi connectivity index (χ3v) is 5.57. The van der Waals surface area contributed by atoms with Gasteiger partial charge in [-0.05, 0) is 6.92 Å². The van der Waals surface area contributed by atoms with Gasteiger partial charge in [-0.1, -0.05) is 0 Å². The van der Waals surface area contributed by atoms with E-state index in [9.17, 15) is 23.8 Å². The molecule has 0 aliphatic carbocycles. The Morgan fingerprint density at radius 3 is 2.68 bits per heavy atom. The number of phosphoric acid groups is 1. The third-order valence-electron chi connectivity index (χ3n) is 3.30. The summed E-state index contributed by atoms with van der Waals surface area (Å²) in [5, 5.41) is 9.95. The van der Waals surface area contributed by atoms with E-state index in [1.807, 2.05) is 0 Å². The van der Waals surface area contributed by atoms with Gasteiger partial charge in [0.05, 0.1) is 12.7 Å². The van der Waals surface area contributed by atoms with Gasteiger partial charge in [0.1, 0.15) is 12.3 Å². The van der Waals surface area contributed by atoms with Crippen molar-refractivity contribution in [1.29, 1.82) is 0 Å². The van der Waals surface area contributed by atoms with Crippen LogP contribution in [0.1, 0.15) is 18.2 Å². The van der Waals surface area contributed by atoms with Crippen molar-refractivity contribution in [3.05, 3.63) is 32.6 Å². The van der Waals surface area contributed by atoms with E-state index in [4.69, 9.17) is 22.1 Å². The number of aryl methyl sites for hydroxylation is 1. The van der Waals surface area contributed by atoms with Crippen molar-refractivity contribution in [2.24, 2.45) is 0 Å².